The third-order valence-corrected chi connectivity index (χ3v) is 6.13. The highest BCUT2D eigenvalue weighted by Gasteiger charge is 2.24. The second-order valence-corrected chi connectivity index (χ2v) is 7.65. The van der Waals surface area contributed by atoms with Crippen LogP contribution in [0.3, 0.4) is 0 Å². The van der Waals surface area contributed by atoms with E-state index in [-0.39, 0.29) is 0 Å². The van der Waals surface area contributed by atoms with E-state index in [1.54, 1.807) is 0 Å². The molecule has 5 nitrogen and oxygen atoms in total. The molecule has 140 valence electrons. The predicted octanol–water partition coefficient (Wildman–Crippen LogP) is 3.46. The number of hydrogen-bond donors (Lipinski definition) is 0. The Morgan fingerprint density at radius 3 is 2.78 bits per heavy atom. The molecule has 5 heteroatoms. The van der Waals surface area contributed by atoms with E-state index in [1.165, 1.54) is 22.3 Å². The topological polar surface area (TPSA) is 33.0 Å². The van der Waals surface area contributed by atoms with E-state index >= 15 is 0 Å². The van der Waals surface area contributed by atoms with Crippen molar-refractivity contribution >= 4 is 11.2 Å². The monoisotopic (exact) mass is 362 g/mol. The highest BCUT2D eigenvalue weighted by molar-refractivity contribution is 5.59. The minimum absolute atomic E-state index is 0.418. The zero-order valence-corrected chi connectivity index (χ0v) is 16.1. The number of nitrogens with zero attached hydrogens (tertiary/aromatic N) is 4. The molecule has 1 aromatic carbocycles. The Morgan fingerprint density at radius 1 is 1.07 bits per heavy atom. The van der Waals surface area contributed by atoms with E-state index in [0.29, 0.717) is 6.04 Å². The second-order valence-electron chi connectivity index (χ2n) is 7.65. The lowest BCUT2D eigenvalue weighted by atomic mass is 10.0. The maximum atomic E-state index is 5.75. The number of piperazine rings is 1. The van der Waals surface area contributed by atoms with Crippen LogP contribution in [0.15, 0.2) is 42.7 Å². The maximum absolute atomic E-state index is 5.75. The summed E-state index contributed by atoms with van der Waals surface area (Å²) in [6, 6.07) is 11.6. The average molecular weight is 362 g/mol. The molecule has 2 aromatic heterocycles. The Labute approximate surface area is 160 Å². The Balaban J connectivity index is 1.27. The van der Waals surface area contributed by atoms with Crippen molar-refractivity contribution in [1.29, 1.82) is 0 Å². The third-order valence-electron chi connectivity index (χ3n) is 6.13. The summed E-state index contributed by atoms with van der Waals surface area (Å²) in [5, 5.41) is 0. The van der Waals surface area contributed by atoms with Gasteiger partial charge < -0.3 is 14.0 Å². The highest BCUT2D eigenvalue weighted by Crippen LogP contribution is 2.31. The molecular formula is C22H26N4O. The van der Waals surface area contributed by atoms with Crippen molar-refractivity contribution in [3.05, 3.63) is 59.7 Å². The predicted molar refractivity (Wildman–Crippen MR) is 108 cm³/mol. The number of pyridine rings is 1. The summed E-state index contributed by atoms with van der Waals surface area (Å²) in [4.78, 5) is 9.46. The van der Waals surface area contributed by atoms with Crippen LogP contribution in [0.5, 0.6) is 5.75 Å². The van der Waals surface area contributed by atoms with Gasteiger partial charge in [-0.15, -0.1) is 0 Å². The first-order valence-corrected chi connectivity index (χ1v) is 9.87. The van der Waals surface area contributed by atoms with Gasteiger partial charge in [-0.05, 0) is 43.2 Å². The van der Waals surface area contributed by atoms with Crippen LogP contribution in [0.4, 0.5) is 5.69 Å². The standard InChI is InChI=1S/C22H26N4O/c1-16(19-4-3-18-6-12-27-22(18)13-19)24-8-10-25(11-9-24)20-5-7-26-17(2)23-15-21(26)14-20/h3-5,7,13-16H,6,8-12H2,1-2H3. The number of aromatic nitrogens is 2. The Bertz CT molecular complexity index is 972. The highest BCUT2D eigenvalue weighted by atomic mass is 16.5. The van der Waals surface area contributed by atoms with Gasteiger partial charge in [0.1, 0.15) is 11.6 Å². The van der Waals surface area contributed by atoms with Crippen LogP contribution >= 0.6 is 0 Å². The summed E-state index contributed by atoms with van der Waals surface area (Å²) in [5.41, 5.74) is 5.17. The lowest BCUT2D eigenvalue weighted by Crippen LogP contribution is -2.47. The number of hydrogen-bond acceptors (Lipinski definition) is 4. The smallest absolute Gasteiger partial charge is 0.122 e. The number of fused-ring (bicyclic) bond motifs is 2. The van der Waals surface area contributed by atoms with Crippen LogP contribution in [-0.4, -0.2) is 47.1 Å². The number of imidazole rings is 1. The van der Waals surface area contributed by atoms with Crippen molar-refractivity contribution in [2.24, 2.45) is 0 Å². The lowest BCUT2D eigenvalue weighted by molar-refractivity contribution is 0.198. The fourth-order valence-corrected chi connectivity index (χ4v) is 4.34. The first kappa shape index (κ1) is 16.6. The molecule has 1 atom stereocenters. The molecule has 3 aromatic rings. The van der Waals surface area contributed by atoms with Crippen LogP contribution < -0.4 is 9.64 Å². The number of aryl methyl sites for hydroxylation is 1. The van der Waals surface area contributed by atoms with Crippen molar-refractivity contribution in [3.8, 4) is 5.75 Å². The fraction of sp³-hybridized carbons (Fsp3) is 0.409. The summed E-state index contributed by atoms with van der Waals surface area (Å²) in [7, 11) is 0. The largest absolute Gasteiger partial charge is 0.493 e. The average Bonchev–Trinajstić information content (AvgIpc) is 3.33. The van der Waals surface area contributed by atoms with Crippen LogP contribution in [0.1, 0.15) is 29.9 Å². The third kappa shape index (κ3) is 2.96. The van der Waals surface area contributed by atoms with Crippen LogP contribution in [0, 0.1) is 6.92 Å². The molecule has 2 aliphatic heterocycles. The number of ether oxygens (including phenoxy) is 1. The molecule has 0 saturated carbocycles. The fourth-order valence-electron chi connectivity index (χ4n) is 4.34. The lowest BCUT2D eigenvalue weighted by Gasteiger charge is -2.39. The molecule has 27 heavy (non-hydrogen) atoms. The van der Waals surface area contributed by atoms with Crippen molar-refractivity contribution in [2.75, 3.05) is 37.7 Å². The van der Waals surface area contributed by atoms with Gasteiger partial charge in [-0.2, -0.15) is 0 Å². The zero-order chi connectivity index (χ0) is 18.4. The first-order chi connectivity index (χ1) is 13.2. The van der Waals surface area contributed by atoms with E-state index in [1.807, 2.05) is 13.1 Å². The van der Waals surface area contributed by atoms with Gasteiger partial charge in [0.05, 0.1) is 18.3 Å². The van der Waals surface area contributed by atoms with Crippen molar-refractivity contribution in [3.63, 3.8) is 0 Å². The molecule has 0 amide bonds. The Morgan fingerprint density at radius 2 is 1.93 bits per heavy atom. The zero-order valence-electron chi connectivity index (χ0n) is 16.1. The van der Waals surface area contributed by atoms with Gasteiger partial charge in [0.15, 0.2) is 0 Å². The number of rotatable bonds is 3. The molecular weight excluding hydrogens is 336 g/mol. The quantitative estimate of drug-likeness (QED) is 0.714. The summed E-state index contributed by atoms with van der Waals surface area (Å²) >= 11 is 0. The van der Waals surface area contributed by atoms with Gasteiger partial charge >= 0.3 is 0 Å². The van der Waals surface area contributed by atoms with Gasteiger partial charge in [-0.1, -0.05) is 12.1 Å². The molecule has 2 aliphatic rings. The second kappa shape index (κ2) is 6.57. The van der Waals surface area contributed by atoms with E-state index in [4.69, 9.17) is 4.74 Å². The Hall–Kier alpha value is -2.53. The SMILES string of the molecule is Cc1ncc2cc(N3CCN(C(C)c4ccc5c(c4)OCC5)CC3)ccn12. The summed E-state index contributed by atoms with van der Waals surface area (Å²) in [6.45, 7) is 9.42. The molecule has 0 radical (unpaired) electrons. The number of benzene rings is 1. The first-order valence-electron chi connectivity index (χ1n) is 9.87. The van der Waals surface area contributed by atoms with E-state index in [2.05, 4.69) is 62.6 Å². The van der Waals surface area contributed by atoms with Gasteiger partial charge in [0.25, 0.3) is 0 Å². The summed E-state index contributed by atoms with van der Waals surface area (Å²) in [5.74, 6) is 2.12. The van der Waals surface area contributed by atoms with Crippen LogP contribution in [0.25, 0.3) is 5.52 Å². The van der Waals surface area contributed by atoms with Crippen molar-refractivity contribution < 1.29 is 4.74 Å². The minimum atomic E-state index is 0.418. The van der Waals surface area contributed by atoms with E-state index < -0.39 is 0 Å². The van der Waals surface area contributed by atoms with Crippen LogP contribution in [0.2, 0.25) is 0 Å². The van der Waals surface area contributed by atoms with E-state index in [0.717, 1.165) is 50.8 Å². The van der Waals surface area contributed by atoms with Crippen LogP contribution in [-0.2, 0) is 6.42 Å². The van der Waals surface area contributed by atoms with Crippen molar-refractivity contribution in [2.45, 2.75) is 26.3 Å². The normalized spacial score (nSPS) is 18.5. The minimum Gasteiger partial charge on any atom is -0.493 e. The van der Waals surface area contributed by atoms with Gasteiger partial charge in [-0.25, -0.2) is 4.98 Å². The van der Waals surface area contributed by atoms with Gasteiger partial charge in [0.2, 0.25) is 0 Å². The molecule has 1 saturated heterocycles. The van der Waals surface area contributed by atoms with E-state index in [9.17, 15) is 0 Å². The molecule has 0 N–H and O–H groups in total. The molecule has 0 bridgehead atoms. The summed E-state index contributed by atoms with van der Waals surface area (Å²) in [6.07, 6.45) is 5.13. The van der Waals surface area contributed by atoms with Gasteiger partial charge in [-0.3, -0.25) is 4.90 Å². The summed E-state index contributed by atoms with van der Waals surface area (Å²) < 4.78 is 7.89. The molecule has 1 fully saturated rings. The maximum Gasteiger partial charge on any atom is 0.122 e. The van der Waals surface area contributed by atoms with Crippen molar-refractivity contribution in [1.82, 2.24) is 14.3 Å². The number of anilines is 1. The van der Waals surface area contributed by atoms with Gasteiger partial charge in [0, 0.05) is 50.5 Å². The molecule has 1 unspecified atom stereocenters. The molecule has 0 spiro atoms. The Kier molecular flexibility index (Phi) is 4.05. The molecule has 4 heterocycles. The molecule has 5 rings (SSSR count). The molecule has 0 aliphatic carbocycles.